The summed E-state index contributed by atoms with van der Waals surface area (Å²) in [7, 11) is -3.77. The summed E-state index contributed by atoms with van der Waals surface area (Å²) in [6.07, 6.45) is -4.72. The second kappa shape index (κ2) is 7.63. The van der Waals surface area contributed by atoms with Gasteiger partial charge in [0.05, 0.1) is 10.8 Å². The normalized spacial score (nSPS) is 12.0. The Morgan fingerprint density at radius 3 is 2.28 bits per heavy atom. The largest absolute Gasteiger partial charge is 0.405 e. The molecule has 0 aliphatic heterocycles. The molecule has 0 fully saturated rings. The summed E-state index contributed by atoms with van der Waals surface area (Å²) >= 11 is 6.61. The molecule has 2 N–H and O–H groups in total. The first-order valence-corrected chi connectivity index (χ1v) is 9.43. The van der Waals surface area contributed by atoms with Crippen LogP contribution in [0.15, 0.2) is 40.6 Å². The molecule has 11 heteroatoms. The smallest absolute Gasteiger partial charge is 0.347 e. The average molecular weight is 413 g/mol. The van der Waals surface area contributed by atoms with Gasteiger partial charge in [0.2, 0.25) is 5.91 Å². The highest BCUT2D eigenvalue weighted by Crippen LogP contribution is 2.27. The van der Waals surface area contributed by atoms with E-state index in [1.54, 1.807) is 5.32 Å². The van der Waals surface area contributed by atoms with Crippen LogP contribution in [-0.4, -0.2) is 27.0 Å². The van der Waals surface area contributed by atoms with E-state index >= 15 is 0 Å². The molecule has 5 nitrogen and oxygen atoms in total. The Hall–Kier alpha value is -1.78. The Morgan fingerprint density at radius 2 is 1.76 bits per heavy atom. The van der Waals surface area contributed by atoms with Crippen LogP contribution in [0.1, 0.15) is 5.56 Å². The number of hydrogen-bond donors (Lipinski definition) is 2. The lowest BCUT2D eigenvalue weighted by Crippen LogP contribution is -2.34. The van der Waals surface area contributed by atoms with Gasteiger partial charge in [-0.25, -0.2) is 8.42 Å². The first-order chi connectivity index (χ1) is 11.5. The van der Waals surface area contributed by atoms with Crippen LogP contribution < -0.4 is 10.0 Å². The van der Waals surface area contributed by atoms with E-state index in [2.05, 4.69) is 4.72 Å². The fraction of sp³-hybridized carbons (Fsp3) is 0.214. The van der Waals surface area contributed by atoms with Crippen LogP contribution in [0.3, 0.4) is 0 Å². The van der Waals surface area contributed by atoms with E-state index in [0.717, 1.165) is 11.3 Å². The van der Waals surface area contributed by atoms with E-state index < -0.39 is 28.7 Å². The van der Waals surface area contributed by atoms with Crippen molar-refractivity contribution in [3.8, 4) is 0 Å². The maximum Gasteiger partial charge on any atom is 0.405 e. The number of rotatable bonds is 6. The number of halogens is 4. The minimum atomic E-state index is -4.47. The van der Waals surface area contributed by atoms with Gasteiger partial charge in [0.25, 0.3) is 10.0 Å². The van der Waals surface area contributed by atoms with Crippen molar-refractivity contribution in [3.63, 3.8) is 0 Å². The quantitative estimate of drug-likeness (QED) is 0.763. The highest BCUT2D eigenvalue weighted by atomic mass is 35.5. The van der Waals surface area contributed by atoms with E-state index in [4.69, 9.17) is 11.6 Å². The molecular weight excluding hydrogens is 401 g/mol. The summed E-state index contributed by atoms with van der Waals surface area (Å²) < 4.78 is 63.0. The molecule has 0 radical (unpaired) electrons. The third-order valence-corrected chi connectivity index (χ3v) is 5.97. The first-order valence-electron chi connectivity index (χ1n) is 6.76. The number of anilines is 1. The number of alkyl halides is 3. The summed E-state index contributed by atoms with van der Waals surface area (Å²) in [5.41, 5.74) is 0.700. The molecule has 2 aromatic rings. The van der Waals surface area contributed by atoms with Crippen molar-refractivity contribution in [2.75, 3.05) is 11.3 Å². The Labute approximate surface area is 150 Å². The molecule has 0 aliphatic carbocycles. The molecule has 0 saturated carbocycles. The van der Waals surface area contributed by atoms with Crippen molar-refractivity contribution in [2.45, 2.75) is 16.8 Å². The summed E-state index contributed by atoms with van der Waals surface area (Å²) in [4.78, 5) is 11.4. The minimum absolute atomic E-state index is 0.0492. The molecule has 1 aromatic heterocycles. The monoisotopic (exact) mass is 412 g/mol. The van der Waals surface area contributed by atoms with Crippen LogP contribution in [0.2, 0.25) is 4.34 Å². The average Bonchev–Trinajstić information content (AvgIpc) is 2.94. The van der Waals surface area contributed by atoms with Crippen molar-refractivity contribution in [1.29, 1.82) is 0 Å². The summed E-state index contributed by atoms with van der Waals surface area (Å²) in [5, 5.41) is 1.76. The summed E-state index contributed by atoms with van der Waals surface area (Å²) in [6.45, 7) is -1.40. The molecule has 2 rings (SSSR count). The molecule has 1 amide bonds. The Bertz CT molecular complexity index is 849. The summed E-state index contributed by atoms with van der Waals surface area (Å²) in [6, 6.07) is 8.56. The molecule has 0 unspecified atom stereocenters. The van der Waals surface area contributed by atoms with Gasteiger partial charge >= 0.3 is 6.18 Å². The van der Waals surface area contributed by atoms with E-state index in [9.17, 15) is 26.4 Å². The zero-order valence-electron chi connectivity index (χ0n) is 12.4. The topological polar surface area (TPSA) is 75.3 Å². The lowest BCUT2D eigenvalue weighted by molar-refractivity contribution is -0.138. The second-order valence-electron chi connectivity index (χ2n) is 4.93. The van der Waals surface area contributed by atoms with Gasteiger partial charge in [0.1, 0.15) is 10.8 Å². The summed E-state index contributed by atoms with van der Waals surface area (Å²) in [5.74, 6) is -0.779. The van der Waals surface area contributed by atoms with E-state index in [-0.39, 0.29) is 16.3 Å². The predicted octanol–water partition coefficient (Wildman–Crippen LogP) is 3.42. The fourth-order valence-electron chi connectivity index (χ4n) is 1.78. The molecule has 0 bridgehead atoms. The molecule has 0 saturated heterocycles. The molecule has 1 aromatic carbocycles. The van der Waals surface area contributed by atoms with Gasteiger partial charge in [-0.3, -0.25) is 9.52 Å². The number of sulfonamides is 1. The lowest BCUT2D eigenvalue weighted by atomic mass is 10.1. The van der Waals surface area contributed by atoms with Crippen LogP contribution in [0.5, 0.6) is 0 Å². The Balaban J connectivity index is 1.97. The van der Waals surface area contributed by atoms with Gasteiger partial charge < -0.3 is 5.32 Å². The standard InChI is InChI=1S/C14H12ClF3N2O3S2/c15-11-5-6-13(24-11)25(22,23)20-10-3-1-9(2-4-10)7-12(21)19-8-14(16,17)18/h1-6,20H,7-8H2,(H,19,21). The van der Waals surface area contributed by atoms with Crippen LogP contribution >= 0.6 is 22.9 Å². The van der Waals surface area contributed by atoms with E-state index in [0.29, 0.717) is 9.90 Å². The highest BCUT2D eigenvalue weighted by molar-refractivity contribution is 7.94. The molecular formula is C14H12ClF3N2O3S2. The molecule has 136 valence electrons. The third-order valence-electron chi connectivity index (χ3n) is 2.87. The van der Waals surface area contributed by atoms with Crippen LogP contribution in [0.25, 0.3) is 0 Å². The number of carbonyl (C=O) groups is 1. The molecule has 25 heavy (non-hydrogen) atoms. The zero-order valence-corrected chi connectivity index (χ0v) is 14.8. The maximum atomic E-state index is 12.1. The molecule has 0 spiro atoms. The van der Waals surface area contributed by atoms with E-state index in [1.807, 2.05) is 0 Å². The number of amides is 1. The number of carbonyl (C=O) groups excluding carboxylic acids is 1. The highest BCUT2D eigenvalue weighted by Gasteiger charge is 2.27. The van der Waals surface area contributed by atoms with Crippen LogP contribution in [0.4, 0.5) is 18.9 Å². The zero-order chi connectivity index (χ0) is 18.7. The Morgan fingerprint density at radius 1 is 1.12 bits per heavy atom. The van der Waals surface area contributed by atoms with Gasteiger partial charge in [-0.05, 0) is 29.8 Å². The van der Waals surface area contributed by atoms with Gasteiger partial charge in [0, 0.05) is 5.69 Å². The minimum Gasteiger partial charge on any atom is -0.347 e. The third kappa shape index (κ3) is 6.22. The van der Waals surface area contributed by atoms with Crippen molar-refractivity contribution in [2.24, 2.45) is 0 Å². The van der Waals surface area contributed by atoms with Crippen molar-refractivity contribution in [1.82, 2.24) is 5.32 Å². The van der Waals surface area contributed by atoms with Crippen molar-refractivity contribution in [3.05, 3.63) is 46.3 Å². The molecule has 0 atom stereocenters. The Kier molecular flexibility index (Phi) is 5.96. The maximum absolute atomic E-state index is 12.1. The lowest BCUT2D eigenvalue weighted by Gasteiger charge is -2.09. The van der Waals surface area contributed by atoms with Crippen molar-refractivity contribution >= 4 is 44.6 Å². The second-order valence-corrected chi connectivity index (χ2v) is 8.55. The van der Waals surface area contributed by atoms with Gasteiger partial charge in [-0.1, -0.05) is 23.7 Å². The van der Waals surface area contributed by atoms with E-state index in [1.165, 1.54) is 36.4 Å². The first kappa shape index (κ1) is 19.5. The number of nitrogens with one attached hydrogen (secondary N) is 2. The predicted molar refractivity (Wildman–Crippen MR) is 89.3 cm³/mol. The SMILES string of the molecule is O=C(Cc1ccc(NS(=O)(=O)c2ccc(Cl)s2)cc1)NCC(F)(F)F. The molecule has 1 heterocycles. The van der Waals surface area contributed by atoms with Gasteiger partial charge in [-0.2, -0.15) is 13.2 Å². The van der Waals surface area contributed by atoms with Gasteiger partial charge in [-0.15, -0.1) is 11.3 Å². The van der Waals surface area contributed by atoms with Crippen LogP contribution in [-0.2, 0) is 21.2 Å². The van der Waals surface area contributed by atoms with Gasteiger partial charge in [0.15, 0.2) is 0 Å². The number of benzene rings is 1. The fourth-order valence-corrected chi connectivity index (χ4v) is 4.33. The molecule has 0 aliphatic rings. The van der Waals surface area contributed by atoms with Crippen molar-refractivity contribution < 1.29 is 26.4 Å². The van der Waals surface area contributed by atoms with Crippen LogP contribution in [0, 0.1) is 0 Å². The number of thiophene rings is 1. The number of hydrogen-bond acceptors (Lipinski definition) is 4.